The topological polar surface area (TPSA) is 79.2 Å². The van der Waals surface area contributed by atoms with Crippen LogP contribution in [-0.2, 0) is 14.3 Å². The van der Waals surface area contributed by atoms with E-state index in [0.717, 1.165) is 0 Å². The minimum absolute atomic E-state index is 0.152. The fourth-order valence-corrected chi connectivity index (χ4v) is 1.90. The summed E-state index contributed by atoms with van der Waals surface area (Å²) in [6.07, 6.45) is 0. The molecule has 1 N–H and O–H groups in total. The van der Waals surface area contributed by atoms with Gasteiger partial charge in [0, 0.05) is 5.69 Å². The number of hydrogen-bond acceptors (Lipinski definition) is 5. The zero-order valence-corrected chi connectivity index (χ0v) is 11.3. The van der Waals surface area contributed by atoms with E-state index in [-0.39, 0.29) is 23.4 Å². The van der Waals surface area contributed by atoms with Gasteiger partial charge in [-0.1, -0.05) is 6.07 Å². The van der Waals surface area contributed by atoms with E-state index in [2.05, 4.69) is 5.32 Å². The van der Waals surface area contributed by atoms with Crippen LogP contribution >= 0.6 is 11.8 Å². The molecule has 1 aromatic carbocycles. The fourth-order valence-electron chi connectivity index (χ4n) is 1.29. The van der Waals surface area contributed by atoms with Gasteiger partial charge in [-0.25, -0.2) is 0 Å². The minimum Gasteiger partial charge on any atom is -0.465 e. The van der Waals surface area contributed by atoms with Gasteiger partial charge in [0.1, 0.15) is 0 Å². The molecular formula is C13H14N2O3S. The average Bonchev–Trinajstić information content (AvgIpc) is 2.39. The molecule has 0 heterocycles. The first-order chi connectivity index (χ1) is 9.15. The predicted molar refractivity (Wildman–Crippen MR) is 73.7 cm³/mol. The summed E-state index contributed by atoms with van der Waals surface area (Å²) >= 11 is 1.19. The number of hydrogen-bond donors (Lipinski definition) is 1. The van der Waals surface area contributed by atoms with Crippen molar-refractivity contribution >= 4 is 29.3 Å². The Morgan fingerprint density at radius 2 is 2.21 bits per heavy atom. The van der Waals surface area contributed by atoms with Crippen LogP contribution in [0.15, 0.2) is 24.3 Å². The predicted octanol–water partition coefficient (Wildman–Crippen LogP) is 1.79. The highest BCUT2D eigenvalue weighted by Crippen LogP contribution is 2.10. The van der Waals surface area contributed by atoms with Crippen molar-refractivity contribution in [1.29, 1.82) is 5.26 Å². The number of nitriles is 1. The van der Waals surface area contributed by atoms with Gasteiger partial charge in [-0.2, -0.15) is 5.26 Å². The van der Waals surface area contributed by atoms with Gasteiger partial charge >= 0.3 is 5.97 Å². The molecule has 6 heteroatoms. The summed E-state index contributed by atoms with van der Waals surface area (Å²) in [7, 11) is 0. The smallest absolute Gasteiger partial charge is 0.315 e. The molecule has 100 valence electrons. The van der Waals surface area contributed by atoms with Crippen molar-refractivity contribution < 1.29 is 14.3 Å². The Hall–Kier alpha value is -2.00. The second-order valence-electron chi connectivity index (χ2n) is 3.54. The molecule has 0 bridgehead atoms. The summed E-state index contributed by atoms with van der Waals surface area (Å²) in [6.45, 7) is 2.07. The van der Waals surface area contributed by atoms with E-state index >= 15 is 0 Å². The third-order valence-electron chi connectivity index (χ3n) is 2.03. The molecular weight excluding hydrogens is 264 g/mol. The van der Waals surface area contributed by atoms with E-state index in [1.165, 1.54) is 11.8 Å². The SMILES string of the molecule is CCOC(=O)CSCC(=O)Nc1cccc(C#N)c1. The van der Waals surface area contributed by atoms with Gasteiger partial charge in [0.15, 0.2) is 0 Å². The summed E-state index contributed by atoms with van der Waals surface area (Å²) in [5, 5.41) is 11.4. The van der Waals surface area contributed by atoms with E-state index in [9.17, 15) is 9.59 Å². The van der Waals surface area contributed by atoms with Gasteiger partial charge in [-0.15, -0.1) is 11.8 Å². The van der Waals surface area contributed by atoms with Gasteiger partial charge < -0.3 is 10.1 Å². The van der Waals surface area contributed by atoms with E-state index in [0.29, 0.717) is 17.9 Å². The Labute approximate surface area is 115 Å². The molecule has 1 aromatic rings. The largest absolute Gasteiger partial charge is 0.465 e. The number of amides is 1. The Kier molecular flexibility index (Phi) is 6.47. The fraction of sp³-hybridized carbons (Fsp3) is 0.308. The molecule has 0 aliphatic heterocycles. The first-order valence-corrected chi connectivity index (χ1v) is 6.84. The zero-order chi connectivity index (χ0) is 14.1. The lowest BCUT2D eigenvalue weighted by atomic mass is 10.2. The van der Waals surface area contributed by atoms with Gasteiger partial charge in [0.2, 0.25) is 5.91 Å². The van der Waals surface area contributed by atoms with Crippen LogP contribution in [0.4, 0.5) is 5.69 Å². The van der Waals surface area contributed by atoms with Crippen molar-refractivity contribution in [3.8, 4) is 6.07 Å². The van der Waals surface area contributed by atoms with Crippen LogP contribution in [0, 0.1) is 11.3 Å². The highest BCUT2D eigenvalue weighted by molar-refractivity contribution is 8.00. The van der Waals surface area contributed by atoms with Crippen LogP contribution in [0.2, 0.25) is 0 Å². The standard InChI is InChI=1S/C13H14N2O3S/c1-2-18-13(17)9-19-8-12(16)15-11-5-3-4-10(6-11)7-14/h3-6H,2,8-9H2,1H3,(H,15,16). The lowest BCUT2D eigenvalue weighted by Gasteiger charge is -2.05. The lowest BCUT2D eigenvalue weighted by molar-refractivity contribution is -0.139. The molecule has 0 radical (unpaired) electrons. The number of rotatable bonds is 6. The van der Waals surface area contributed by atoms with E-state index in [4.69, 9.17) is 10.00 Å². The number of carbonyl (C=O) groups excluding carboxylic acids is 2. The Morgan fingerprint density at radius 1 is 1.42 bits per heavy atom. The van der Waals surface area contributed by atoms with Crippen molar-refractivity contribution in [3.05, 3.63) is 29.8 Å². The molecule has 0 saturated carbocycles. The van der Waals surface area contributed by atoms with Gasteiger partial charge in [0.05, 0.1) is 29.7 Å². The van der Waals surface area contributed by atoms with Crippen molar-refractivity contribution in [2.75, 3.05) is 23.4 Å². The van der Waals surface area contributed by atoms with Gasteiger partial charge in [0.25, 0.3) is 0 Å². The summed E-state index contributed by atoms with van der Waals surface area (Å²) in [5.74, 6) is -0.231. The molecule has 0 saturated heterocycles. The van der Waals surface area contributed by atoms with Crippen molar-refractivity contribution in [1.82, 2.24) is 0 Å². The number of thioether (sulfide) groups is 1. The molecule has 0 unspecified atom stereocenters. The number of anilines is 1. The Morgan fingerprint density at radius 3 is 2.89 bits per heavy atom. The van der Waals surface area contributed by atoms with E-state index < -0.39 is 0 Å². The molecule has 0 aliphatic rings. The summed E-state index contributed by atoms with van der Waals surface area (Å²) in [5.41, 5.74) is 1.05. The average molecular weight is 278 g/mol. The summed E-state index contributed by atoms with van der Waals surface area (Å²) in [6, 6.07) is 8.64. The number of carbonyl (C=O) groups is 2. The van der Waals surface area contributed by atoms with Crippen molar-refractivity contribution in [2.45, 2.75) is 6.92 Å². The highest BCUT2D eigenvalue weighted by atomic mass is 32.2. The second-order valence-corrected chi connectivity index (χ2v) is 4.52. The maximum atomic E-state index is 11.6. The maximum absolute atomic E-state index is 11.6. The third kappa shape index (κ3) is 5.93. The minimum atomic E-state index is -0.327. The number of ether oxygens (including phenoxy) is 1. The summed E-state index contributed by atoms with van der Waals surface area (Å²) in [4.78, 5) is 22.6. The Balaban J connectivity index is 2.35. The van der Waals surface area contributed by atoms with Gasteiger partial charge in [-0.3, -0.25) is 9.59 Å². The molecule has 5 nitrogen and oxygen atoms in total. The molecule has 19 heavy (non-hydrogen) atoms. The van der Waals surface area contributed by atoms with Crippen LogP contribution in [-0.4, -0.2) is 30.0 Å². The van der Waals surface area contributed by atoms with Crippen LogP contribution < -0.4 is 5.32 Å². The highest BCUT2D eigenvalue weighted by Gasteiger charge is 2.06. The normalized spacial score (nSPS) is 9.47. The van der Waals surface area contributed by atoms with Crippen molar-refractivity contribution in [3.63, 3.8) is 0 Å². The maximum Gasteiger partial charge on any atom is 0.315 e. The number of nitrogens with one attached hydrogen (secondary N) is 1. The second kappa shape index (κ2) is 8.16. The quantitative estimate of drug-likeness (QED) is 0.803. The van der Waals surface area contributed by atoms with E-state index in [1.807, 2.05) is 6.07 Å². The van der Waals surface area contributed by atoms with Gasteiger partial charge in [-0.05, 0) is 25.1 Å². The first kappa shape index (κ1) is 15.1. The zero-order valence-electron chi connectivity index (χ0n) is 10.5. The number of nitrogens with zero attached hydrogens (tertiary/aromatic N) is 1. The molecule has 0 aromatic heterocycles. The Bertz CT molecular complexity index is 497. The molecule has 0 fully saturated rings. The molecule has 0 spiro atoms. The molecule has 0 aliphatic carbocycles. The molecule has 1 amide bonds. The van der Waals surface area contributed by atoms with Crippen molar-refractivity contribution in [2.24, 2.45) is 0 Å². The van der Waals surface area contributed by atoms with Crippen LogP contribution in [0.1, 0.15) is 12.5 Å². The monoisotopic (exact) mass is 278 g/mol. The first-order valence-electron chi connectivity index (χ1n) is 5.69. The van der Waals surface area contributed by atoms with E-state index in [1.54, 1.807) is 31.2 Å². The van der Waals surface area contributed by atoms with Crippen LogP contribution in [0.5, 0.6) is 0 Å². The third-order valence-corrected chi connectivity index (χ3v) is 2.94. The number of esters is 1. The van der Waals surface area contributed by atoms with Crippen LogP contribution in [0.3, 0.4) is 0 Å². The van der Waals surface area contributed by atoms with Crippen LogP contribution in [0.25, 0.3) is 0 Å². The lowest BCUT2D eigenvalue weighted by Crippen LogP contribution is -2.16. The number of benzene rings is 1. The summed E-state index contributed by atoms with van der Waals surface area (Å²) < 4.78 is 4.74. The molecule has 1 rings (SSSR count). The molecule has 0 atom stereocenters.